The maximum absolute atomic E-state index is 13.5. The number of amides is 2. The number of benzene rings is 2. The van der Waals surface area contributed by atoms with Crippen LogP contribution in [0.2, 0.25) is 0 Å². The molecule has 0 spiro atoms. The van der Waals surface area contributed by atoms with Crippen LogP contribution in [0.1, 0.15) is 29.4 Å². The van der Waals surface area contributed by atoms with Gasteiger partial charge in [-0.05, 0) is 69.2 Å². The van der Waals surface area contributed by atoms with Gasteiger partial charge in [0.1, 0.15) is 6.04 Å². The topological polar surface area (TPSA) is 87.7 Å². The van der Waals surface area contributed by atoms with Crippen molar-refractivity contribution >= 4 is 35.0 Å². The molecular formula is C29H35N5O3S. The number of nitrogens with zero attached hydrogens (tertiary/aromatic N) is 4. The van der Waals surface area contributed by atoms with E-state index in [-0.39, 0.29) is 17.6 Å². The molecule has 3 aromatic rings. The molecule has 0 radical (unpaired) electrons. The molecule has 1 aliphatic rings. The minimum Gasteiger partial charge on any atom is -0.378 e. The Labute approximate surface area is 228 Å². The SMILES string of the molecule is Cc1cc(C)nc(SCC(=O)N(Cc2ccccc2C)C(C)C(=O)Nc2ccc(N3CCOCC3)cc2)n1. The molecular weight excluding hydrogens is 498 g/mol. The Morgan fingerprint density at radius 1 is 1.03 bits per heavy atom. The van der Waals surface area contributed by atoms with Crippen LogP contribution in [0.5, 0.6) is 0 Å². The summed E-state index contributed by atoms with van der Waals surface area (Å²) in [5, 5.41) is 3.55. The number of rotatable bonds is 9. The maximum atomic E-state index is 13.5. The number of ether oxygens (including phenoxy) is 1. The summed E-state index contributed by atoms with van der Waals surface area (Å²) in [7, 11) is 0. The van der Waals surface area contributed by atoms with Crippen LogP contribution in [-0.2, 0) is 20.9 Å². The number of aryl methyl sites for hydroxylation is 3. The van der Waals surface area contributed by atoms with Crippen molar-refractivity contribution in [1.29, 1.82) is 0 Å². The van der Waals surface area contributed by atoms with Crippen molar-refractivity contribution < 1.29 is 14.3 Å². The molecule has 38 heavy (non-hydrogen) atoms. The van der Waals surface area contributed by atoms with E-state index in [9.17, 15) is 9.59 Å². The second-order valence-corrected chi connectivity index (χ2v) is 10.4. The highest BCUT2D eigenvalue weighted by Crippen LogP contribution is 2.21. The van der Waals surface area contributed by atoms with Crippen LogP contribution < -0.4 is 10.2 Å². The Hall–Kier alpha value is -3.43. The zero-order chi connectivity index (χ0) is 27.1. The summed E-state index contributed by atoms with van der Waals surface area (Å²) < 4.78 is 5.43. The molecule has 200 valence electrons. The molecule has 1 aliphatic heterocycles. The van der Waals surface area contributed by atoms with E-state index >= 15 is 0 Å². The van der Waals surface area contributed by atoms with Gasteiger partial charge in [0.25, 0.3) is 0 Å². The Morgan fingerprint density at radius 3 is 2.34 bits per heavy atom. The zero-order valence-corrected chi connectivity index (χ0v) is 23.3. The number of hydrogen-bond donors (Lipinski definition) is 1. The third kappa shape index (κ3) is 7.33. The van der Waals surface area contributed by atoms with Crippen LogP contribution in [0, 0.1) is 20.8 Å². The van der Waals surface area contributed by atoms with E-state index < -0.39 is 6.04 Å². The predicted molar refractivity (Wildman–Crippen MR) is 152 cm³/mol. The van der Waals surface area contributed by atoms with Gasteiger partial charge < -0.3 is 19.9 Å². The number of carbonyl (C=O) groups is 2. The molecule has 2 amide bonds. The van der Waals surface area contributed by atoms with E-state index in [0.29, 0.717) is 30.6 Å². The summed E-state index contributed by atoms with van der Waals surface area (Å²) in [5.41, 5.74) is 5.58. The second kappa shape index (κ2) is 12.9. The lowest BCUT2D eigenvalue weighted by Gasteiger charge is -2.30. The molecule has 9 heteroatoms. The van der Waals surface area contributed by atoms with Gasteiger partial charge in [-0.15, -0.1) is 0 Å². The monoisotopic (exact) mass is 533 g/mol. The van der Waals surface area contributed by atoms with Crippen LogP contribution in [-0.4, -0.2) is 64.8 Å². The number of anilines is 2. The first kappa shape index (κ1) is 27.6. The van der Waals surface area contributed by atoms with Crippen LogP contribution in [0.4, 0.5) is 11.4 Å². The Morgan fingerprint density at radius 2 is 1.68 bits per heavy atom. The van der Waals surface area contributed by atoms with Gasteiger partial charge in [-0.1, -0.05) is 36.0 Å². The number of carbonyl (C=O) groups excluding carboxylic acids is 2. The maximum Gasteiger partial charge on any atom is 0.246 e. The largest absolute Gasteiger partial charge is 0.378 e. The van der Waals surface area contributed by atoms with E-state index in [0.717, 1.165) is 41.3 Å². The highest BCUT2D eigenvalue weighted by atomic mass is 32.2. The average molecular weight is 534 g/mol. The number of thioether (sulfide) groups is 1. The number of hydrogen-bond acceptors (Lipinski definition) is 7. The molecule has 1 N–H and O–H groups in total. The normalized spacial score (nSPS) is 14.2. The molecule has 1 saturated heterocycles. The molecule has 1 atom stereocenters. The Bertz CT molecular complexity index is 1240. The summed E-state index contributed by atoms with van der Waals surface area (Å²) in [6.45, 7) is 11.1. The summed E-state index contributed by atoms with van der Waals surface area (Å²) in [4.78, 5) is 39.6. The van der Waals surface area contributed by atoms with Crippen LogP contribution in [0.15, 0.2) is 59.8 Å². The van der Waals surface area contributed by atoms with Gasteiger partial charge in [0.15, 0.2) is 5.16 Å². The van der Waals surface area contributed by atoms with Crippen molar-refractivity contribution in [3.8, 4) is 0 Å². The summed E-state index contributed by atoms with van der Waals surface area (Å²) >= 11 is 1.29. The number of aromatic nitrogens is 2. The smallest absolute Gasteiger partial charge is 0.246 e. The first-order valence-corrected chi connectivity index (χ1v) is 13.8. The van der Waals surface area contributed by atoms with E-state index in [1.807, 2.05) is 75.4 Å². The molecule has 0 aliphatic carbocycles. The molecule has 4 rings (SSSR count). The lowest BCUT2D eigenvalue weighted by Crippen LogP contribution is -2.46. The minimum atomic E-state index is -0.679. The summed E-state index contributed by atoms with van der Waals surface area (Å²) in [6.07, 6.45) is 0. The molecule has 1 unspecified atom stereocenters. The first-order valence-electron chi connectivity index (χ1n) is 12.8. The molecule has 2 aromatic carbocycles. The highest BCUT2D eigenvalue weighted by Gasteiger charge is 2.27. The third-order valence-electron chi connectivity index (χ3n) is 6.57. The molecule has 1 aromatic heterocycles. The highest BCUT2D eigenvalue weighted by molar-refractivity contribution is 7.99. The zero-order valence-electron chi connectivity index (χ0n) is 22.4. The average Bonchev–Trinajstić information content (AvgIpc) is 2.91. The standard InChI is InChI=1S/C29H35N5O3S/c1-20-7-5-6-8-24(20)18-34(27(35)19-38-29-30-21(2)17-22(3)31-29)23(4)28(36)32-25-9-11-26(12-10-25)33-13-15-37-16-14-33/h5-12,17,23H,13-16,18-19H2,1-4H3,(H,32,36). The first-order chi connectivity index (χ1) is 18.3. The van der Waals surface area contributed by atoms with E-state index in [4.69, 9.17) is 4.74 Å². The van der Waals surface area contributed by atoms with Crippen molar-refractivity contribution in [3.05, 3.63) is 77.1 Å². The second-order valence-electron chi connectivity index (χ2n) is 9.48. The summed E-state index contributed by atoms with van der Waals surface area (Å²) in [5.74, 6) is -0.245. The molecule has 1 fully saturated rings. The lowest BCUT2D eigenvalue weighted by atomic mass is 10.1. The van der Waals surface area contributed by atoms with Gasteiger partial charge in [-0.2, -0.15) is 0 Å². The Balaban J connectivity index is 1.46. The van der Waals surface area contributed by atoms with Crippen LogP contribution in [0.3, 0.4) is 0 Å². The van der Waals surface area contributed by atoms with Crippen molar-refractivity contribution in [2.75, 3.05) is 42.3 Å². The van der Waals surface area contributed by atoms with Gasteiger partial charge in [0.05, 0.1) is 19.0 Å². The van der Waals surface area contributed by atoms with Crippen LogP contribution in [0.25, 0.3) is 0 Å². The third-order valence-corrected chi connectivity index (χ3v) is 7.40. The molecule has 8 nitrogen and oxygen atoms in total. The molecule has 2 heterocycles. The van der Waals surface area contributed by atoms with Gasteiger partial charge in [0.2, 0.25) is 11.8 Å². The fourth-order valence-corrected chi connectivity index (χ4v) is 5.18. The molecule has 0 saturated carbocycles. The fraction of sp³-hybridized carbons (Fsp3) is 0.379. The van der Waals surface area contributed by atoms with Crippen molar-refractivity contribution in [3.63, 3.8) is 0 Å². The van der Waals surface area contributed by atoms with Gasteiger partial charge in [-0.25, -0.2) is 9.97 Å². The number of morpholine rings is 1. The summed E-state index contributed by atoms with van der Waals surface area (Å²) in [6, 6.07) is 16.9. The quantitative estimate of drug-likeness (QED) is 0.322. The van der Waals surface area contributed by atoms with E-state index in [1.165, 1.54) is 11.8 Å². The van der Waals surface area contributed by atoms with Crippen molar-refractivity contribution in [2.24, 2.45) is 0 Å². The predicted octanol–water partition coefficient (Wildman–Crippen LogP) is 4.39. The van der Waals surface area contributed by atoms with E-state index in [1.54, 1.807) is 11.8 Å². The van der Waals surface area contributed by atoms with Crippen molar-refractivity contribution in [2.45, 2.75) is 45.4 Å². The fourth-order valence-electron chi connectivity index (χ4n) is 4.34. The number of nitrogens with one attached hydrogen (secondary N) is 1. The molecule has 0 bridgehead atoms. The van der Waals surface area contributed by atoms with E-state index in [2.05, 4.69) is 20.2 Å². The Kier molecular flexibility index (Phi) is 9.36. The van der Waals surface area contributed by atoms with Gasteiger partial charge >= 0.3 is 0 Å². The van der Waals surface area contributed by atoms with Crippen molar-refractivity contribution in [1.82, 2.24) is 14.9 Å². The minimum absolute atomic E-state index is 0.140. The van der Waals surface area contributed by atoms with Gasteiger partial charge in [0, 0.05) is 42.4 Å². The van der Waals surface area contributed by atoms with Crippen LogP contribution >= 0.6 is 11.8 Å². The lowest BCUT2D eigenvalue weighted by molar-refractivity contribution is -0.136. The van der Waals surface area contributed by atoms with Gasteiger partial charge in [-0.3, -0.25) is 9.59 Å².